The summed E-state index contributed by atoms with van der Waals surface area (Å²) in [6.07, 6.45) is 16.3. The van der Waals surface area contributed by atoms with E-state index in [1.165, 1.54) is 57.6 Å². The zero-order valence-corrected chi connectivity index (χ0v) is 42.7. The Hall–Kier alpha value is -4.54. The number of carbonyl (C=O) groups is 3. The van der Waals surface area contributed by atoms with Crippen LogP contribution in [0.15, 0.2) is 36.4 Å². The monoisotopic (exact) mass is 893 g/mol. The summed E-state index contributed by atoms with van der Waals surface area (Å²) >= 11 is 0. The molecular weight excluding hydrogens is 821 g/mol. The van der Waals surface area contributed by atoms with Gasteiger partial charge in [0.25, 0.3) is 0 Å². The van der Waals surface area contributed by atoms with Crippen LogP contribution >= 0.6 is 0 Å². The summed E-state index contributed by atoms with van der Waals surface area (Å²) in [5, 5.41) is 0. The molecule has 0 fully saturated rings. The van der Waals surface area contributed by atoms with Crippen LogP contribution in [0.4, 0.5) is 0 Å². The molecule has 1 aliphatic carbocycles. The number of hydrogen-bond acceptors (Lipinski definition) is 5. The zero-order valence-electron chi connectivity index (χ0n) is 41.2. The van der Waals surface area contributed by atoms with E-state index in [0.717, 1.165) is 92.6 Å². The molecule has 0 spiro atoms. The molecule has 0 unspecified atom stereocenters. The Labute approximate surface area is 403 Å². The van der Waals surface area contributed by atoms with Crippen LogP contribution in [-0.2, 0) is 19.1 Å². The number of Topliss-reactive ketones (excluding diaryl/α,β-unsaturated/α-hetero) is 1. The molecule has 3 aromatic heterocycles. The average molecular weight is 894 g/mol. The van der Waals surface area contributed by atoms with E-state index in [0.29, 0.717) is 45.8 Å². The van der Waals surface area contributed by atoms with Crippen molar-refractivity contribution >= 4 is 91.2 Å². The Balaban J connectivity index is 0.00000793. The molecule has 3 aliphatic rings. The molecule has 0 radical (unpaired) electrons. The number of hydrogen-bond donors (Lipinski definition) is 0. The normalized spacial score (nSPS) is 15.7. The third-order valence-electron chi connectivity index (χ3n) is 14.0. The number of aryl methyl sites for hydroxylation is 2. The van der Waals surface area contributed by atoms with Crippen LogP contribution in [0, 0.1) is 31.6 Å². The summed E-state index contributed by atoms with van der Waals surface area (Å²) in [4.78, 5) is 58.8. The first-order chi connectivity index (χ1) is 30.6. The fraction of sp³-hybridized carbons (Fsp3) is 0.509. The number of rotatable bonds is 20. The number of ketones is 1. The van der Waals surface area contributed by atoms with Crippen LogP contribution in [-0.4, -0.2) is 54.5 Å². The number of aromatic amines is 2. The van der Waals surface area contributed by atoms with Gasteiger partial charge < -0.3 is 19.4 Å². The van der Waals surface area contributed by atoms with Crippen molar-refractivity contribution in [1.82, 2.24) is 9.97 Å². The smallest absolute Gasteiger partial charge is 0.657 e. The van der Waals surface area contributed by atoms with Gasteiger partial charge in [0.05, 0.1) is 7.11 Å². The molecule has 8 bridgehead atoms. The molecule has 6 rings (SSSR count). The molecule has 342 valence electrons. The molecule has 0 amide bonds. The summed E-state index contributed by atoms with van der Waals surface area (Å²) in [6.45, 7) is 26.0. The number of H-pyrrole nitrogens is 2. The second-order valence-corrected chi connectivity index (χ2v) is 19.2. The maximum absolute atomic E-state index is 14.4. The minimum Gasteiger partial charge on any atom is -0.657 e. The van der Waals surface area contributed by atoms with E-state index in [2.05, 4.69) is 71.1 Å². The molecule has 3 atom stereocenters. The number of fused-ring (bicyclic) bond motifs is 8. The Kier molecular flexibility index (Phi) is 18.0. The van der Waals surface area contributed by atoms with Gasteiger partial charge in [-0.15, -0.1) is 22.1 Å². The first-order valence-electron chi connectivity index (χ1n) is 23.8. The topological polar surface area (TPSA) is 126 Å². The minimum absolute atomic E-state index is 0. The largest absolute Gasteiger partial charge is 2.00 e. The van der Waals surface area contributed by atoms with Crippen LogP contribution in [0.3, 0.4) is 0 Å². The van der Waals surface area contributed by atoms with Crippen LogP contribution in [0.1, 0.15) is 194 Å². The number of nitrogens with one attached hydrogen (secondary N) is 2. The summed E-state index contributed by atoms with van der Waals surface area (Å²) in [7, 11) is 1.30. The zero-order chi connectivity index (χ0) is 46.4. The Morgan fingerprint density at radius 1 is 0.800 bits per heavy atom. The number of aromatic nitrogens is 4. The Morgan fingerprint density at radius 2 is 1.40 bits per heavy atom. The van der Waals surface area contributed by atoms with Gasteiger partial charge in [0.15, 0.2) is 11.7 Å². The molecule has 3 aromatic rings. The van der Waals surface area contributed by atoms with Gasteiger partial charge in [0.1, 0.15) is 6.61 Å². The van der Waals surface area contributed by atoms with Gasteiger partial charge in [-0.3, -0.25) is 14.4 Å². The molecule has 2 aliphatic heterocycles. The number of carbonyl (C=O) groups excluding carboxylic acids is 3. The van der Waals surface area contributed by atoms with E-state index >= 15 is 0 Å². The van der Waals surface area contributed by atoms with E-state index < -0.39 is 11.9 Å². The van der Waals surface area contributed by atoms with Crippen molar-refractivity contribution in [1.29, 1.82) is 0 Å². The number of nitrogens with zero attached hydrogens (tertiary/aromatic N) is 2. The molecule has 2 N–H and O–H groups in total. The maximum atomic E-state index is 14.4. The van der Waals surface area contributed by atoms with Crippen LogP contribution in [0.2, 0.25) is 0 Å². The second kappa shape index (κ2) is 22.8. The molecule has 9 nitrogen and oxygen atoms in total. The number of methoxy groups -OCH3 is 1. The minimum atomic E-state index is -1.21. The quantitative estimate of drug-likeness (QED) is 0.0478. The molecule has 0 aromatic carbocycles. The van der Waals surface area contributed by atoms with Crippen molar-refractivity contribution in [2.45, 2.75) is 152 Å². The molecule has 0 saturated heterocycles. The van der Waals surface area contributed by atoms with Crippen molar-refractivity contribution in [2.24, 2.45) is 17.8 Å². The third-order valence-corrected chi connectivity index (χ3v) is 14.0. The summed E-state index contributed by atoms with van der Waals surface area (Å²) in [6, 6.07) is 6.06. The average Bonchev–Trinajstić information content (AvgIpc) is 3.99. The second-order valence-electron chi connectivity index (χ2n) is 19.2. The van der Waals surface area contributed by atoms with Gasteiger partial charge >= 0.3 is 35.0 Å². The number of ether oxygens (including phenoxy) is 2. The Bertz CT molecular complexity index is 2570. The molecular formula is C55H72MgN4O5+2. The standard InChI is InChI=1S/C55H71N4O5.Mg/c1-13-39-35(8)42-28-44-37(10)41(24-25-48(60)64-27-26-34(7)23-17-22-33(6)21-16-20-32(5)19-15-18-31(3)4)52(58-44)50-51(55(62)63-12)54(61)49-38(11)45(59-53(49)50)30-47-40(14-2)36(9)43(57-47)29-46(39)56-42;/h13,26,28-33,51H,1,14-25,27H2,2-12H3,(H-,56,57,58,59,61);/q-1;+2/p+1/b34-26+,42-28?,43-29?,44-28?,45-30?,46-29?,47-30?,52-50?;/t32-,33-,51-;/m1./s1. The third kappa shape index (κ3) is 11.5. The fourth-order valence-corrected chi connectivity index (χ4v) is 9.87. The van der Waals surface area contributed by atoms with Crippen molar-refractivity contribution < 1.29 is 33.8 Å². The van der Waals surface area contributed by atoms with E-state index in [4.69, 9.17) is 19.4 Å². The first-order valence-corrected chi connectivity index (χ1v) is 23.8. The Morgan fingerprint density at radius 3 is 2.05 bits per heavy atom. The maximum Gasteiger partial charge on any atom is 2.00 e. The van der Waals surface area contributed by atoms with Crippen molar-refractivity contribution in [2.75, 3.05) is 13.7 Å². The predicted molar refractivity (Wildman–Crippen MR) is 265 cm³/mol. The molecule has 10 heteroatoms. The van der Waals surface area contributed by atoms with Gasteiger partial charge in [-0.25, -0.2) is 9.97 Å². The van der Waals surface area contributed by atoms with Crippen LogP contribution < -0.4 is 19.9 Å². The van der Waals surface area contributed by atoms with E-state index in [1.807, 2.05) is 45.1 Å². The van der Waals surface area contributed by atoms with Crippen molar-refractivity contribution in [3.8, 4) is 0 Å². The molecule has 0 saturated carbocycles. The summed E-state index contributed by atoms with van der Waals surface area (Å²) in [5.74, 6) is -0.210. The van der Waals surface area contributed by atoms with E-state index in [9.17, 15) is 14.4 Å². The fourth-order valence-electron chi connectivity index (χ4n) is 9.87. The SMILES string of the molecule is C=Cc1c(C)c2cc3[nH+]c(c4c5[n-]c(cc6[nH+]c(cc1[n-]2)C(C)=C6CC)c(C)c5C(=O)[C@@H]4C(=O)OC)C(CCC(=O)OC/C=C(\C)CCC[C@H](C)CCC[C@H](C)CCCC(C)C)=C3C.[Mg+2]. The molecule has 5 heterocycles. The van der Waals surface area contributed by atoms with Crippen molar-refractivity contribution in [3.05, 3.63) is 87.0 Å². The van der Waals surface area contributed by atoms with E-state index in [-0.39, 0.29) is 47.8 Å². The van der Waals surface area contributed by atoms with Gasteiger partial charge in [-0.2, -0.15) is 0 Å². The van der Waals surface area contributed by atoms with Gasteiger partial charge in [0, 0.05) is 39.8 Å². The van der Waals surface area contributed by atoms with Crippen LogP contribution in [0.5, 0.6) is 0 Å². The number of allylic oxidation sites excluding steroid dienone is 5. The van der Waals surface area contributed by atoms with E-state index in [1.54, 1.807) is 0 Å². The first kappa shape index (κ1) is 51.4. The van der Waals surface area contributed by atoms with Gasteiger partial charge in [0.2, 0.25) is 22.8 Å². The van der Waals surface area contributed by atoms with Gasteiger partial charge in [-0.1, -0.05) is 109 Å². The summed E-state index contributed by atoms with van der Waals surface area (Å²) < 4.78 is 11.0. The predicted octanol–water partition coefficient (Wildman–Crippen LogP) is 11.7. The summed E-state index contributed by atoms with van der Waals surface area (Å²) in [5.41, 5.74) is 14.5. The molecule has 65 heavy (non-hydrogen) atoms. The number of esters is 2. The van der Waals surface area contributed by atoms with Crippen molar-refractivity contribution in [3.63, 3.8) is 0 Å². The van der Waals surface area contributed by atoms with Gasteiger partial charge in [-0.05, 0) is 108 Å². The van der Waals surface area contributed by atoms with Crippen LogP contribution in [0.25, 0.3) is 50.4 Å².